The number of nitrogens with two attached hydrogens (primary N) is 1. The third-order valence-corrected chi connectivity index (χ3v) is 3.45. The molecular formula is C16H28N2. The Morgan fingerprint density at radius 2 is 1.56 bits per heavy atom. The Kier molecular flexibility index (Phi) is 7.70. The van der Waals surface area contributed by atoms with Crippen LogP contribution in [0, 0.1) is 0 Å². The Balaban J connectivity index is 2.72. The first-order valence-corrected chi connectivity index (χ1v) is 7.32. The van der Waals surface area contributed by atoms with Crippen LogP contribution in [0.25, 0.3) is 0 Å². The van der Waals surface area contributed by atoms with Gasteiger partial charge in [0.1, 0.15) is 0 Å². The zero-order chi connectivity index (χ0) is 13.2. The van der Waals surface area contributed by atoms with Crippen molar-refractivity contribution < 1.29 is 0 Å². The molecule has 1 aromatic carbocycles. The topological polar surface area (TPSA) is 29.3 Å². The number of nitrogens with zero attached hydrogens (tertiary/aromatic N) is 1. The molecule has 0 fully saturated rings. The third-order valence-electron chi connectivity index (χ3n) is 3.45. The van der Waals surface area contributed by atoms with Gasteiger partial charge in [0, 0.05) is 12.6 Å². The minimum Gasteiger partial charge on any atom is -0.329 e. The normalized spacial score (nSPS) is 12.9. The fourth-order valence-electron chi connectivity index (χ4n) is 2.32. The van der Waals surface area contributed by atoms with E-state index >= 15 is 0 Å². The molecule has 1 atom stereocenters. The molecule has 0 heterocycles. The molecule has 2 heteroatoms. The van der Waals surface area contributed by atoms with Gasteiger partial charge in [-0.2, -0.15) is 0 Å². The van der Waals surface area contributed by atoms with E-state index in [2.05, 4.69) is 49.1 Å². The highest BCUT2D eigenvalue weighted by molar-refractivity contribution is 5.19. The summed E-state index contributed by atoms with van der Waals surface area (Å²) in [5.74, 6) is 0. The van der Waals surface area contributed by atoms with Crippen LogP contribution in [0.1, 0.15) is 51.1 Å². The number of hydrogen-bond donors (Lipinski definition) is 1. The summed E-state index contributed by atoms with van der Waals surface area (Å²) in [4.78, 5) is 2.56. The molecule has 1 rings (SSSR count). The van der Waals surface area contributed by atoms with E-state index in [9.17, 15) is 0 Å². The summed E-state index contributed by atoms with van der Waals surface area (Å²) in [6, 6.07) is 11.1. The van der Waals surface area contributed by atoms with E-state index in [1.54, 1.807) is 0 Å². The summed E-state index contributed by atoms with van der Waals surface area (Å²) in [6.07, 6.45) is 5.00. The maximum Gasteiger partial charge on any atom is 0.0470 e. The van der Waals surface area contributed by atoms with Gasteiger partial charge in [0.05, 0.1) is 0 Å². The lowest BCUT2D eigenvalue weighted by Crippen LogP contribution is -2.35. The van der Waals surface area contributed by atoms with Gasteiger partial charge in [-0.15, -0.1) is 0 Å². The Labute approximate surface area is 112 Å². The largest absolute Gasteiger partial charge is 0.329 e. The van der Waals surface area contributed by atoms with E-state index in [0.29, 0.717) is 12.6 Å². The molecule has 0 saturated carbocycles. The van der Waals surface area contributed by atoms with Crippen LogP contribution in [0.2, 0.25) is 0 Å². The highest BCUT2D eigenvalue weighted by Gasteiger charge is 2.17. The molecule has 2 nitrogen and oxygen atoms in total. The Morgan fingerprint density at radius 3 is 2.00 bits per heavy atom. The molecule has 0 aliphatic heterocycles. The number of unbranched alkanes of at least 4 members (excludes halogenated alkanes) is 2. The summed E-state index contributed by atoms with van der Waals surface area (Å²) in [7, 11) is 0. The molecule has 102 valence electrons. The molecule has 0 aliphatic carbocycles. The first-order chi connectivity index (χ1) is 8.83. The molecule has 0 aromatic heterocycles. The highest BCUT2D eigenvalue weighted by Crippen LogP contribution is 2.20. The number of hydrogen-bond acceptors (Lipinski definition) is 2. The minimum absolute atomic E-state index is 0.379. The predicted molar refractivity (Wildman–Crippen MR) is 79.6 cm³/mol. The fraction of sp³-hybridized carbons (Fsp3) is 0.625. The average Bonchev–Trinajstić information content (AvgIpc) is 2.43. The Hall–Kier alpha value is -0.860. The summed E-state index contributed by atoms with van der Waals surface area (Å²) in [6.45, 7) is 7.52. The van der Waals surface area contributed by atoms with E-state index in [0.717, 1.165) is 13.1 Å². The molecule has 0 radical (unpaired) electrons. The van der Waals surface area contributed by atoms with Crippen LogP contribution < -0.4 is 5.73 Å². The fourth-order valence-corrected chi connectivity index (χ4v) is 2.32. The van der Waals surface area contributed by atoms with Gasteiger partial charge >= 0.3 is 0 Å². The standard InChI is InChI=1S/C16H28N2/c1-3-5-12-18(13-6-4-2)16(14-17)15-10-8-7-9-11-15/h7-11,16H,3-6,12-14,17H2,1-2H3. The van der Waals surface area contributed by atoms with Crippen molar-refractivity contribution in [3.05, 3.63) is 35.9 Å². The van der Waals surface area contributed by atoms with Gasteiger partial charge in [-0.1, -0.05) is 57.0 Å². The molecule has 0 saturated heterocycles. The first kappa shape index (κ1) is 15.2. The van der Waals surface area contributed by atoms with E-state index < -0.39 is 0 Å². The highest BCUT2D eigenvalue weighted by atomic mass is 15.2. The van der Waals surface area contributed by atoms with Gasteiger partial charge in [-0.25, -0.2) is 0 Å². The summed E-state index contributed by atoms with van der Waals surface area (Å²) in [5, 5.41) is 0. The molecule has 0 spiro atoms. The van der Waals surface area contributed by atoms with Gasteiger partial charge < -0.3 is 5.73 Å². The maximum absolute atomic E-state index is 6.01. The second kappa shape index (κ2) is 9.12. The summed E-state index contributed by atoms with van der Waals surface area (Å²) >= 11 is 0. The molecule has 0 amide bonds. The summed E-state index contributed by atoms with van der Waals surface area (Å²) in [5.41, 5.74) is 7.36. The number of benzene rings is 1. The first-order valence-electron chi connectivity index (χ1n) is 7.32. The third kappa shape index (κ3) is 4.79. The smallest absolute Gasteiger partial charge is 0.0470 e. The lowest BCUT2D eigenvalue weighted by molar-refractivity contribution is 0.195. The maximum atomic E-state index is 6.01. The van der Waals surface area contributed by atoms with Gasteiger partial charge in [0.25, 0.3) is 0 Å². The second-order valence-electron chi connectivity index (χ2n) is 4.91. The van der Waals surface area contributed by atoms with Gasteiger partial charge in [0.2, 0.25) is 0 Å². The molecule has 1 aromatic rings. The van der Waals surface area contributed by atoms with Crippen molar-refractivity contribution in [1.82, 2.24) is 4.90 Å². The molecule has 0 bridgehead atoms. The van der Waals surface area contributed by atoms with Crippen molar-refractivity contribution in [3.63, 3.8) is 0 Å². The molecular weight excluding hydrogens is 220 g/mol. The molecule has 2 N–H and O–H groups in total. The zero-order valence-electron chi connectivity index (χ0n) is 11.9. The lowest BCUT2D eigenvalue weighted by atomic mass is 10.0. The van der Waals surface area contributed by atoms with Crippen molar-refractivity contribution >= 4 is 0 Å². The van der Waals surface area contributed by atoms with Crippen molar-refractivity contribution in [2.24, 2.45) is 5.73 Å². The molecule has 1 unspecified atom stereocenters. The van der Waals surface area contributed by atoms with Crippen LogP contribution >= 0.6 is 0 Å². The van der Waals surface area contributed by atoms with Crippen molar-refractivity contribution in [3.8, 4) is 0 Å². The average molecular weight is 248 g/mol. The van der Waals surface area contributed by atoms with Crippen LogP contribution in [0.15, 0.2) is 30.3 Å². The van der Waals surface area contributed by atoms with Crippen LogP contribution in [0.3, 0.4) is 0 Å². The van der Waals surface area contributed by atoms with Crippen LogP contribution in [-0.2, 0) is 0 Å². The second-order valence-corrected chi connectivity index (χ2v) is 4.91. The van der Waals surface area contributed by atoms with Crippen LogP contribution in [0.5, 0.6) is 0 Å². The minimum atomic E-state index is 0.379. The van der Waals surface area contributed by atoms with E-state index in [1.807, 2.05) is 0 Å². The zero-order valence-corrected chi connectivity index (χ0v) is 11.9. The van der Waals surface area contributed by atoms with Gasteiger partial charge in [-0.3, -0.25) is 4.90 Å². The van der Waals surface area contributed by atoms with Gasteiger partial charge in [0.15, 0.2) is 0 Å². The van der Waals surface area contributed by atoms with Crippen molar-refractivity contribution in [2.75, 3.05) is 19.6 Å². The van der Waals surface area contributed by atoms with Crippen LogP contribution in [-0.4, -0.2) is 24.5 Å². The molecule has 18 heavy (non-hydrogen) atoms. The van der Waals surface area contributed by atoms with Gasteiger partial charge in [-0.05, 0) is 31.5 Å². The van der Waals surface area contributed by atoms with Crippen LogP contribution in [0.4, 0.5) is 0 Å². The Bertz CT molecular complexity index is 289. The molecule has 0 aliphatic rings. The quantitative estimate of drug-likeness (QED) is 0.723. The van der Waals surface area contributed by atoms with E-state index in [1.165, 1.54) is 31.2 Å². The summed E-state index contributed by atoms with van der Waals surface area (Å²) < 4.78 is 0. The number of rotatable bonds is 9. The van der Waals surface area contributed by atoms with Crippen molar-refractivity contribution in [1.29, 1.82) is 0 Å². The van der Waals surface area contributed by atoms with E-state index in [4.69, 9.17) is 5.73 Å². The lowest BCUT2D eigenvalue weighted by Gasteiger charge is -2.31. The Morgan fingerprint density at radius 1 is 1.00 bits per heavy atom. The predicted octanol–water partition coefficient (Wildman–Crippen LogP) is 3.59. The van der Waals surface area contributed by atoms with E-state index in [-0.39, 0.29) is 0 Å². The monoisotopic (exact) mass is 248 g/mol. The SMILES string of the molecule is CCCCN(CCCC)C(CN)c1ccccc1. The van der Waals surface area contributed by atoms with Crippen molar-refractivity contribution in [2.45, 2.75) is 45.6 Å².